The fourth-order valence-corrected chi connectivity index (χ4v) is 5.16. The van der Waals surface area contributed by atoms with E-state index in [0.29, 0.717) is 0 Å². The molecule has 1 aliphatic carbocycles. The molecular formula is C26H54ClNO. The van der Waals surface area contributed by atoms with E-state index in [1.807, 2.05) is 0 Å². The van der Waals surface area contributed by atoms with Gasteiger partial charge >= 0.3 is 0 Å². The summed E-state index contributed by atoms with van der Waals surface area (Å²) < 4.78 is 0. The number of nitrogens with zero attached hydrogens (tertiary/aromatic N) is 1. The summed E-state index contributed by atoms with van der Waals surface area (Å²) in [6.07, 6.45) is 28.1. The number of unbranched alkanes of at least 4 members (excludes halogenated alkanes) is 13. The third kappa shape index (κ3) is 14.0. The molecule has 0 spiro atoms. The summed E-state index contributed by atoms with van der Waals surface area (Å²) in [5.41, 5.74) is 0.271. The fourth-order valence-electron chi connectivity index (χ4n) is 5.16. The lowest BCUT2D eigenvalue weighted by Gasteiger charge is -2.44. The van der Waals surface area contributed by atoms with Crippen molar-refractivity contribution in [2.75, 3.05) is 14.1 Å². The van der Waals surface area contributed by atoms with E-state index >= 15 is 0 Å². The van der Waals surface area contributed by atoms with E-state index in [-0.39, 0.29) is 24.0 Å². The van der Waals surface area contributed by atoms with Gasteiger partial charge in [0.15, 0.2) is 0 Å². The van der Waals surface area contributed by atoms with Gasteiger partial charge in [-0.15, -0.1) is 12.4 Å². The summed E-state index contributed by atoms with van der Waals surface area (Å²) in [6, 6.07) is 0. The molecule has 0 aliphatic heterocycles. The monoisotopic (exact) mass is 431 g/mol. The number of hydrogen-bond acceptors (Lipinski definition) is 2. The molecule has 1 saturated carbocycles. The predicted octanol–water partition coefficient (Wildman–Crippen LogP) is 8.30. The maximum absolute atomic E-state index is 10.6. The van der Waals surface area contributed by atoms with Crippen molar-refractivity contribution in [3.63, 3.8) is 0 Å². The highest BCUT2D eigenvalue weighted by Crippen LogP contribution is 2.36. The number of aliphatic hydroxyl groups excluding tert-OH is 1. The minimum atomic E-state index is -0.0992. The third-order valence-electron chi connectivity index (χ3n) is 7.24. The van der Waals surface area contributed by atoms with Crippen molar-refractivity contribution in [2.24, 2.45) is 0 Å². The van der Waals surface area contributed by atoms with E-state index in [9.17, 15) is 5.11 Å². The number of halogens is 1. The molecule has 176 valence electrons. The highest BCUT2D eigenvalue weighted by Gasteiger charge is 2.35. The van der Waals surface area contributed by atoms with Crippen molar-refractivity contribution in [3.05, 3.63) is 0 Å². The molecule has 1 N–H and O–H groups in total. The maximum Gasteiger partial charge on any atom is 0.0557 e. The fraction of sp³-hybridized carbons (Fsp3) is 1.00. The van der Waals surface area contributed by atoms with Gasteiger partial charge in [0.05, 0.1) is 6.10 Å². The lowest BCUT2D eigenvalue weighted by molar-refractivity contribution is 0.0290. The first kappa shape index (κ1) is 29.2. The van der Waals surface area contributed by atoms with Gasteiger partial charge in [0.2, 0.25) is 0 Å². The van der Waals surface area contributed by atoms with Gasteiger partial charge in [-0.25, -0.2) is 0 Å². The number of hydrogen-bond donors (Lipinski definition) is 1. The zero-order chi connectivity index (χ0) is 20.5. The Morgan fingerprint density at radius 1 is 0.690 bits per heavy atom. The van der Waals surface area contributed by atoms with Crippen LogP contribution in [0.5, 0.6) is 0 Å². The Balaban J connectivity index is 0.00000784. The van der Waals surface area contributed by atoms with Gasteiger partial charge in [0, 0.05) is 5.54 Å². The molecule has 2 nitrogen and oxygen atoms in total. The lowest BCUT2D eigenvalue weighted by atomic mass is 9.76. The second kappa shape index (κ2) is 18.9. The summed E-state index contributed by atoms with van der Waals surface area (Å²) >= 11 is 0. The topological polar surface area (TPSA) is 23.5 Å². The standard InChI is InChI=1S/C26H53NO.ClH/c1-4-5-6-7-8-9-10-11-12-13-14-15-16-18-21-25(28)24-26(27(2)3)22-19-17-20-23-26;/h25,28H,4-24H2,1-3H3;1H. The quantitative estimate of drug-likeness (QED) is 0.220. The molecule has 1 atom stereocenters. The van der Waals surface area contributed by atoms with Gasteiger partial charge in [-0.1, -0.05) is 116 Å². The third-order valence-corrected chi connectivity index (χ3v) is 7.24. The molecule has 3 heteroatoms. The van der Waals surface area contributed by atoms with Gasteiger partial charge in [0.25, 0.3) is 0 Å². The first-order valence-electron chi connectivity index (χ1n) is 13.0. The molecule has 0 radical (unpaired) electrons. The zero-order valence-electron chi connectivity index (χ0n) is 20.2. The van der Waals surface area contributed by atoms with E-state index < -0.39 is 0 Å². The predicted molar refractivity (Wildman–Crippen MR) is 132 cm³/mol. The van der Waals surface area contributed by atoms with Crippen LogP contribution in [-0.4, -0.2) is 35.7 Å². The largest absolute Gasteiger partial charge is 0.393 e. The Bertz CT molecular complexity index is 342. The van der Waals surface area contributed by atoms with Crippen LogP contribution >= 0.6 is 12.4 Å². The Morgan fingerprint density at radius 2 is 1.10 bits per heavy atom. The molecule has 1 fully saturated rings. The summed E-state index contributed by atoms with van der Waals surface area (Å²) in [7, 11) is 4.43. The zero-order valence-corrected chi connectivity index (χ0v) is 21.0. The van der Waals surface area contributed by atoms with Crippen LogP contribution in [0.4, 0.5) is 0 Å². The van der Waals surface area contributed by atoms with E-state index in [0.717, 1.165) is 12.8 Å². The Morgan fingerprint density at radius 3 is 1.52 bits per heavy atom. The van der Waals surface area contributed by atoms with E-state index in [1.165, 1.54) is 122 Å². The molecule has 0 heterocycles. The van der Waals surface area contributed by atoms with Crippen molar-refractivity contribution in [1.82, 2.24) is 4.90 Å². The first-order valence-corrected chi connectivity index (χ1v) is 13.0. The average Bonchev–Trinajstić information content (AvgIpc) is 2.69. The van der Waals surface area contributed by atoms with Crippen molar-refractivity contribution in [1.29, 1.82) is 0 Å². The minimum absolute atomic E-state index is 0. The molecule has 0 aromatic carbocycles. The second-order valence-corrected chi connectivity index (χ2v) is 9.92. The van der Waals surface area contributed by atoms with Crippen LogP contribution in [0.15, 0.2) is 0 Å². The van der Waals surface area contributed by atoms with Crippen LogP contribution in [0, 0.1) is 0 Å². The minimum Gasteiger partial charge on any atom is -0.393 e. The van der Waals surface area contributed by atoms with Crippen LogP contribution in [0.1, 0.15) is 142 Å². The summed E-state index contributed by atoms with van der Waals surface area (Å²) in [6.45, 7) is 2.29. The van der Waals surface area contributed by atoms with Crippen LogP contribution in [-0.2, 0) is 0 Å². The average molecular weight is 432 g/mol. The van der Waals surface area contributed by atoms with Gasteiger partial charge in [-0.2, -0.15) is 0 Å². The van der Waals surface area contributed by atoms with Crippen LogP contribution in [0.2, 0.25) is 0 Å². The van der Waals surface area contributed by atoms with Gasteiger partial charge in [0.1, 0.15) is 0 Å². The van der Waals surface area contributed by atoms with Crippen LogP contribution in [0.25, 0.3) is 0 Å². The number of aliphatic hydroxyl groups is 1. The van der Waals surface area contributed by atoms with E-state index in [1.54, 1.807) is 0 Å². The highest BCUT2D eigenvalue weighted by molar-refractivity contribution is 5.85. The molecule has 0 amide bonds. The first-order chi connectivity index (χ1) is 13.6. The summed E-state index contributed by atoms with van der Waals surface area (Å²) in [5.74, 6) is 0. The van der Waals surface area contributed by atoms with E-state index in [4.69, 9.17) is 0 Å². The van der Waals surface area contributed by atoms with Crippen LogP contribution in [0.3, 0.4) is 0 Å². The summed E-state index contributed by atoms with van der Waals surface area (Å²) in [5, 5.41) is 10.6. The molecule has 29 heavy (non-hydrogen) atoms. The van der Waals surface area contributed by atoms with E-state index in [2.05, 4.69) is 25.9 Å². The highest BCUT2D eigenvalue weighted by atomic mass is 35.5. The van der Waals surface area contributed by atoms with Gasteiger partial charge in [-0.3, -0.25) is 0 Å². The molecule has 0 saturated heterocycles. The van der Waals surface area contributed by atoms with Crippen LogP contribution < -0.4 is 0 Å². The maximum atomic E-state index is 10.6. The van der Waals surface area contributed by atoms with Crippen molar-refractivity contribution in [3.8, 4) is 0 Å². The molecule has 0 bridgehead atoms. The Hall–Kier alpha value is 0.210. The number of rotatable bonds is 18. The Kier molecular flexibility index (Phi) is 19.1. The SMILES string of the molecule is CCCCCCCCCCCCCCCCC(O)CC1(N(C)C)CCCCC1.Cl. The smallest absolute Gasteiger partial charge is 0.0557 e. The summed E-state index contributed by atoms with van der Waals surface area (Å²) in [4.78, 5) is 2.40. The second-order valence-electron chi connectivity index (χ2n) is 9.92. The van der Waals surface area contributed by atoms with Crippen molar-refractivity contribution >= 4 is 12.4 Å². The molecule has 1 aliphatic rings. The Labute approximate surface area is 190 Å². The van der Waals surface area contributed by atoms with Gasteiger partial charge in [-0.05, 0) is 39.8 Å². The van der Waals surface area contributed by atoms with Crippen molar-refractivity contribution < 1.29 is 5.11 Å². The normalized spacial score (nSPS) is 17.3. The lowest BCUT2D eigenvalue weighted by Crippen LogP contribution is -2.48. The molecule has 1 rings (SSSR count). The molecule has 1 unspecified atom stereocenters. The van der Waals surface area contributed by atoms with Crippen molar-refractivity contribution in [2.45, 2.75) is 153 Å². The molecular weight excluding hydrogens is 378 g/mol. The molecule has 0 aromatic rings. The molecule has 0 aromatic heterocycles. The van der Waals surface area contributed by atoms with Gasteiger partial charge < -0.3 is 10.0 Å².